The van der Waals surface area contributed by atoms with Gasteiger partial charge in [0, 0.05) is 33.2 Å². The lowest BCUT2D eigenvalue weighted by Gasteiger charge is -2.29. The van der Waals surface area contributed by atoms with E-state index in [0.29, 0.717) is 22.3 Å². The molecule has 12 heteroatoms. The lowest BCUT2D eigenvalue weighted by Crippen LogP contribution is -2.42. The van der Waals surface area contributed by atoms with Gasteiger partial charge in [-0.1, -0.05) is 46.6 Å². The summed E-state index contributed by atoms with van der Waals surface area (Å²) in [6.07, 6.45) is -5.47. The van der Waals surface area contributed by atoms with Gasteiger partial charge in [0.05, 0.1) is 28.7 Å². The minimum atomic E-state index is -4.83. The number of benzene rings is 3. The molecule has 0 aliphatic carbocycles. The number of hydrogen-bond acceptors (Lipinski definition) is 5. The summed E-state index contributed by atoms with van der Waals surface area (Å²) >= 11 is 10.1. The largest absolute Gasteiger partial charge is 0.593 e. The third-order valence-corrected chi connectivity index (χ3v) is 7.35. The van der Waals surface area contributed by atoms with Crippen molar-refractivity contribution in [2.75, 3.05) is 0 Å². The van der Waals surface area contributed by atoms with E-state index < -0.39 is 35.5 Å². The summed E-state index contributed by atoms with van der Waals surface area (Å²) in [4.78, 5) is 17.7. The Balaban J connectivity index is 1.50. The highest BCUT2D eigenvalue weighted by molar-refractivity contribution is 7.89. The van der Waals surface area contributed by atoms with E-state index >= 15 is 0 Å². The number of nitrogens with one attached hydrogen (secondary N) is 1. The first-order valence-corrected chi connectivity index (χ1v) is 13.1. The number of rotatable bonds is 6. The molecule has 1 amide bonds. The number of aryl methyl sites for hydroxylation is 1. The second-order valence-corrected chi connectivity index (χ2v) is 10.6. The van der Waals surface area contributed by atoms with Crippen LogP contribution < -0.4 is 4.72 Å². The average molecular weight is 580 g/mol. The standard InChI is InChI=1S/C26H18Cl2F3N3O3S/c1-15-8-18(6-7-22(15)24(35)34-38(36)14-17-4-2-16(13-32)3-5-17)23-12-25(37-33-23,26(29,30)31)19-9-20(27)11-21(28)10-19/h2-11H,12,14H2,1H3,(H,34,35). The summed E-state index contributed by atoms with van der Waals surface area (Å²) < 4.78 is 57.6. The summed E-state index contributed by atoms with van der Waals surface area (Å²) in [5.41, 5.74) is -0.931. The molecule has 3 aromatic carbocycles. The molecular weight excluding hydrogens is 562 g/mol. The Morgan fingerprint density at radius 3 is 2.39 bits per heavy atom. The van der Waals surface area contributed by atoms with Crippen LogP contribution in [0.15, 0.2) is 65.8 Å². The lowest BCUT2D eigenvalue weighted by molar-refractivity contribution is -0.275. The van der Waals surface area contributed by atoms with Crippen molar-refractivity contribution in [3.8, 4) is 6.07 Å². The molecule has 0 fully saturated rings. The summed E-state index contributed by atoms with van der Waals surface area (Å²) in [7, 11) is 0. The summed E-state index contributed by atoms with van der Waals surface area (Å²) in [6.45, 7) is 1.60. The van der Waals surface area contributed by atoms with Gasteiger partial charge >= 0.3 is 6.18 Å². The van der Waals surface area contributed by atoms with Crippen molar-refractivity contribution in [3.05, 3.63) is 104 Å². The van der Waals surface area contributed by atoms with Crippen LogP contribution in [-0.4, -0.2) is 22.3 Å². The maximum Gasteiger partial charge on any atom is 0.435 e. The van der Waals surface area contributed by atoms with Gasteiger partial charge in [0.2, 0.25) is 0 Å². The van der Waals surface area contributed by atoms with Crippen LogP contribution in [0.4, 0.5) is 13.2 Å². The molecule has 0 spiro atoms. The lowest BCUT2D eigenvalue weighted by atomic mass is 9.86. The molecule has 1 aliphatic heterocycles. The summed E-state index contributed by atoms with van der Waals surface area (Å²) in [5.74, 6) is -0.570. The monoisotopic (exact) mass is 579 g/mol. The van der Waals surface area contributed by atoms with Gasteiger partial charge in [-0.15, -0.1) is 0 Å². The number of nitrogens with zero attached hydrogens (tertiary/aromatic N) is 2. The van der Waals surface area contributed by atoms with Gasteiger partial charge in [-0.05, 0) is 60.5 Å². The highest BCUT2D eigenvalue weighted by Crippen LogP contribution is 2.49. The number of hydrogen-bond donors (Lipinski definition) is 1. The molecular formula is C26H18Cl2F3N3O3S. The fraction of sp³-hybridized carbons (Fsp3) is 0.192. The van der Waals surface area contributed by atoms with Crippen LogP contribution in [-0.2, 0) is 27.6 Å². The predicted molar refractivity (Wildman–Crippen MR) is 138 cm³/mol. The van der Waals surface area contributed by atoms with Gasteiger partial charge in [-0.2, -0.15) is 23.2 Å². The van der Waals surface area contributed by atoms with Crippen LogP contribution in [0.3, 0.4) is 0 Å². The van der Waals surface area contributed by atoms with Gasteiger partial charge < -0.3 is 9.39 Å². The first-order chi connectivity index (χ1) is 17.9. The summed E-state index contributed by atoms with van der Waals surface area (Å²) in [6, 6.07) is 16.4. The third-order valence-electron chi connectivity index (χ3n) is 5.91. The number of carbonyl (C=O) groups is 1. The number of carbonyl (C=O) groups excluding carboxylic acids is 1. The van der Waals surface area contributed by atoms with Crippen molar-refractivity contribution in [1.29, 1.82) is 5.26 Å². The van der Waals surface area contributed by atoms with Crippen LogP contribution in [0.1, 0.15) is 44.6 Å². The smallest absolute Gasteiger partial charge is 0.435 e. The Labute approximate surface area is 229 Å². The molecule has 38 heavy (non-hydrogen) atoms. The summed E-state index contributed by atoms with van der Waals surface area (Å²) in [5, 5.41) is 12.6. The quantitative estimate of drug-likeness (QED) is 0.344. The van der Waals surface area contributed by atoms with Crippen molar-refractivity contribution in [1.82, 2.24) is 4.72 Å². The molecule has 2 unspecified atom stereocenters. The van der Waals surface area contributed by atoms with Crippen LogP contribution in [0.5, 0.6) is 0 Å². The van der Waals surface area contributed by atoms with Crippen LogP contribution >= 0.6 is 23.2 Å². The number of halogens is 5. The van der Waals surface area contributed by atoms with Crippen molar-refractivity contribution in [3.63, 3.8) is 0 Å². The van der Waals surface area contributed by atoms with Crippen molar-refractivity contribution in [2.45, 2.75) is 30.9 Å². The fourth-order valence-electron chi connectivity index (χ4n) is 3.96. The van der Waals surface area contributed by atoms with Crippen LogP contribution in [0.25, 0.3) is 0 Å². The SMILES string of the molecule is Cc1cc(C2=NOC(c3cc(Cl)cc(Cl)c3)(C(F)(F)F)C2)ccc1C(=O)N[S+]([O-])Cc1ccc(C#N)cc1. The second kappa shape index (κ2) is 10.9. The van der Waals surface area contributed by atoms with E-state index in [-0.39, 0.29) is 32.6 Å². The van der Waals surface area contributed by atoms with E-state index in [9.17, 15) is 22.5 Å². The Morgan fingerprint density at radius 1 is 1.16 bits per heavy atom. The zero-order valence-corrected chi connectivity index (χ0v) is 21.9. The first-order valence-electron chi connectivity index (χ1n) is 11.0. The van der Waals surface area contributed by atoms with E-state index in [2.05, 4.69) is 9.88 Å². The fourth-order valence-corrected chi connectivity index (χ4v) is 5.37. The highest BCUT2D eigenvalue weighted by Gasteiger charge is 2.62. The van der Waals surface area contributed by atoms with E-state index in [0.717, 1.165) is 12.1 Å². The molecule has 6 nitrogen and oxygen atoms in total. The molecule has 196 valence electrons. The van der Waals surface area contributed by atoms with Crippen molar-refractivity contribution < 1.29 is 27.4 Å². The van der Waals surface area contributed by atoms with Gasteiger partial charge in [-0.25, -0.2) is 0 Å². The van der Waals surface area contributed by atoms with Crippen LogP contribution in [0, 0.1) is 18.3 Å². The Kier molecular flexibility index (Phi) is 7.95. The maximum atomic E-state index is 14.2. The first kappa shape index (κ1) is 27.8. The highest BCUT2D eigenvalue weighted by atomic mass is 35.5. The molecule has 3 aromatic rings. The van der Waals surface area contributed by atoms with E-state index in [1.165, 1.54) is 24.3 Å². The molecule has 2 atom stereocenters. The minimum Gasteiger partial charge on any atom is -0.593 e. The molecule has 0 saturated heterocycles. The average Bonchev–Trinajstić information content (AvgIpc) is 3.31. The Hall–Kier alpha value is -3.23. The molecule has 0 aromatic heterocycles. The Bertz CT molecular complexity index is 1440. The van der Waals surface area contributed by atoms with E-state index in [4.69, 9.17) is 33.3 Å². The molecule has 1 N–H and O–H groups in total. The third kappa shape index (κ3) is 5.76. The number of alkyl halides is 3. The molecule has 1 aliphatic rings. The predicted octanol–water partition coefficient (Wildman–Crippen LogP) is 6.35. The zero-order chi connectivity index (χ0) is 27.7. The molecule has 0 saturated carbocycles. The van der Waals surface area contributed by atoms with E-state index in [1.54, 1.807) is 31.2 Å². The normalized spacial score (nSPS) is 17.8. The van der Waals surface area contributed by atoms with Gasteiger partial charge in [0.25, 0.3) is 11.5 Å². The van der Waals surface area contributed by atoms with Crippen molar-refractivity contribution >= 4 is 46.2 Å². The van der Waals surface area contributed by atoms with Gasteiger partial charge in [-0.3, -0.25) is 4.79 Å². The number of amides is 1. The molecule has 0 bridgehead atoms. The number of oxime groups is 1. The van der Waals surface area contributed by atoms with Gasteiger partial charge in [0.1, 0.15) is 0 Å². The zero-order valence-electron chi connectivity index (χ0n) is 19.6. The second-order valence-electron chi connectivity index (χ2n) is 8.55. The molecule has 4 rings (SSSR count). The Morgan fingerprint density at radius 2 is 1.82 bits per heavy atom. The van der Waals surface area contributed by atoms with Crippen molar-refractivity contribution in [2.24, 2.45) is 5.16 Å². The minimum absolute atomic E-state index is 0.0240. The van der Waals surface area contributed by atoms with Crippen LogP contribution in [0.2, 0.25) is 10.0 Å². The maximum absolute atomic E-state index is 14.2. The molecule has 0 radical (unpaired) electrons. The van der Waals surface area contributed by atoms with E-state index in [1.807, 2.05) is 6.07 Å². The molecule has 1 heterocycles. The number of nitriles is 1. The topological polar surface area (TPSA) is 97.5 Å². The van der Waals surface area contributed by atoms with Gasteiger partial charge in [0.15, 0.2) is 5.75 Å².